The molecule has 116 valence electrons. The molecule has 7 heteroatoms. The van der Waals surface area contributed by atoms with Crippen LogP contribution >= 0.6 is 11.6 Å². The first-order valence-electron chi connectivity index (χ1n) is 6.75. The maximum absolute atomic E-state index is 12.4. The number of rotatable bonds is 5. The molecule has 0 radical (unpaired) electrons. The number of nitrogens with zero attached hydrogens (tertiary/aromatic N) is 3. The lowest BCUT2D eigenvalue weighted by atomic mass is 10.2. The molecule has 0 atom stereocenters. The number of halogens is 1. The number of carbonyl (C=O) groups excluding carboxylic acids is 1. The van der Waals surface area contributed by atoms with Crippen molar-refractivity contribution in [2.24, 2.45) is 0 Å². The molecule has 0 fully saturated rings. The molecule has 2 rings (SSSR count). The van der Waals surface area contributed by atoms with Crippen LogP contribution in [0.15, 0.2) is 30.5 Å². The Morgan fingerprint density at radius 1 is 1.41 bits per heavy atom. The number of carboxylic acids is 1. The van der Waals surface area contributed by atoms with Gasteiger partial charge in [0.1, 0.15) is 6.54 Å². The maximum Gasteiger partial charge on any atom is 0.323 e. The van der Waals surface area contributed by atoms with Crippen molar-refractivity contribution < 1.29 is 14.7 Å². The smallest absolute Gasteiger partial charge is 0.323 e. The molecule has 1 amide bonds. The molecule has 0 aliphatic carbocycles. The Bertz CT molecular complexity index is 712. The standard InChI is InChI=1S/C15H16ClN3O3/c1-3-18(9-14(20)21)15(22)13-8-17-19(10(13)2)12-6-4-5-11(16)7-12/h4-8H,3,9H2,1-2H3,(H,20,21). The third-order valence-corrected chi connectivity index (χ3v) is 3.52. The fraction of sp³-hybridized carbons (Fsp3) is 0.267. The van der Waals surface area contributed by atoms with Gasteiger partial charge in [0.05, 0.1) is 23.1 Å². The highest BCUT2D eigenvalue weighted by molar-refractivity contribution is 6.30. The van der Waals surface area contributed by atoms with Gasteiger partial charge in [-0.3, -0.25) is 9.59 Å². The lowest BCUT2D eigenvalue weighted by molar-refractivity contribution is -0.137. The van der Waals surface area contributed by atoms with Crippen LogP contribution in [0.1, 0.15) is 23.0 Å². The first-order chi connectivity index (χ1) is 10.4. The van der Waals surface area contributed by atoms with E-state index < -0.39 is 5.97 Å². The Hall–Kier alpha value is -2.34. The molecule has 0 saturated heterocycles. The van der Waals surface area contributed by atoms with Gasteiger partial charge in [0.25, 0.3) is 5.91 Å². The number of hydrogen-bond acceptors (Lipinski definition) is 3. The molecule has 1 aromatic heterocycles. The Kier molecular flexibility index (Phi) is 4.82. The third kappa shape index (κ3) is 3.28. The summed E-state index contributed by atoms with van der Waals surface area (Å²) in [5.41, 5.74) is 1.75. The summed E-state index contributed by atoms with van der Waals surface area (Å²) < 4.78 is 1.60. The fourth-order valence-electron chi connectivity index (χ4n) is 2.15. The van der Waals surface area contributed by atoms with Gasteiger partial charge < -0.3 is 10.0 Å². The van der Waals surface area contributed by atoms with Crippen molar-refractivity contribution in [3.63, 3.8) is 0 Å². The topological polar surface area (TPSA) is 75.4 Å². The number of benzene rings is 1. The summed E-state index contributed by atoms with van der Waals surface area (Å²) >= 11 is 5.97. The van der Waals surface area contributed by atoms with Crippen molar-refractivity contribution in [2.75, 3.05) is 13.1 Å². The average Bonchev–Trinajstić information content (AvgIpc) is 2.85. The van der Waals surface area contributed by atoms with E-state index in [9.17, 15) is 9.59 Å². The van der Waals surface area contributed by atoms with E-state index in [0.717, 1.165) is 5.69 Å². The van der Waals surface area contributed by atoms with E-state index in [-0.39, 0.29) is 12.5 Å². The van der Waals surface area contributed by atoms with E-state index >= 15 is 0 Å². The Morgan fingerprint density at radius 3 is 2.73 bits per heavy atom. The summed E-state index contributed by atoms with van der Waals surface area (Å²) in [5, 5.41) is 13.6. The van der Waals surface area contributed by atoms with Gasteiger partial charge in [-0.05, 0) is 32.0 Å². The van der Waals surface area contributed by atoms with Crippen LogP contribution in [-0.2, 0) is 4.79 Å². The summed E-state index contributed by atoms with van der Waals surface area (Å²) in [6.07, 6.45) is 1.45. The largest absolute Gasteiger partial charge is 0.480 e. The number of likely N-dealkylation sites (N-methyl/N-ethyl adjacent to an activating group) is 1. The normalized spacial score (nSPS) is 10.5. The first kappa shape index (κ1) is 16.0. The van der Waals surface area contributed by atoms with Crippen molar-refractivity contribution in [3.8, 4) is 5.69 Å². The number of carbonyl (C=O) groups is 2. The van der Waals surface area contributed by atoms with Crippen molar-refractivity contribution in [3.05, 3.63) is 46.7 Å². The van der Waals surface area contributed by atoms with Crippen molar-refractivity contribution in [1.82, 2.24) is 14.7 Å². The monoisotopic (exact) mass is 321 g/mol. The van der Waals surface area contributed by atoms with Gasteiger partial charge in [-0.2, -0.15) is 5.10 Å². The predicted octanol–water partition coefficient (Wildman–Crippen LogP) is 2.38. The second-order valence-corrected chi connectivity index (χ2v) is 5.18. The Balaban J connectivity index is 2.34. The minimum Gasteiger partial charge on any atom is -0.480 e. The highest BCUT2D eigenvalue weighted by Gasteiger charge is 2.21. The molecular weight excluding hydrogens is 306 g/mol. The van der Waals surface area contributed by atoms with E-state index in [2.05, 4.69) is 5.10 Å². The van der Waals surface area contributed by atoms with Crippen LogP contribution in [0.3, 0.4) is 0 Å². The van der Waals surface area contributed by atoms with Crippen LogP contribution in [0.4, 0.5) is 0 Å². The second-order valence-electron chi connectivity index (χ2n) is 4.75. The lowest BCUT2D eigenvalue weighted by Crippen LogP contribution is -2.35. The van der Waals surface area contributed by atoms with Crippen LogP contribution in [0.5, 0.6) is 0 Å². The Morgan fingerprint density at radius 2 is 2.14 bits per heavy atom. The summed E-state index contributed by atoms with van der Waals surface area (Å²) in [7, 11) is 0. The molecule has 1 aromatic carbocycles. The zero-order chi connectivity index (χ0) is 16.3. The molecule has 0 bridgehead atoms. The van der Waals surface area contributed by atoms with Gasteiger partial charge in [0.2, 0.25) is 0 Å². The number of carboxylic acid groups (broad SMARTS) is 1. The molecule has 0 spiro atoms. The molecule has 1 heterocycles. The zero-order valence-corrected chi connectivity index (χ0v) is 13.0. The predicted molar refractivity (Wildman–Crippen MR) is 82.5 cm³/mol. The van der Waals surface area contributed by atoms with Crippen molar-refractivity contribution in [1.29, 1.82) is 0 Å². The Labute approximate surface area is 132 Å². The molecular formula is C15H16ClN3O3. The van der Waals surface area contributed by atoms with E-state index in [0.29, 0.717) is 22.8 Å². The molecule has 1 N–H and O–H groups in total. The highest BCUT2D eigenvalue weighted by Crippen LogP contribution is 2.18. The van der Waals surface area contributed by atoms with Gasteiger partial charge in [0, 0.05) is 11.6 Å². The maximum atomic E-state index is 12.4. The average molecular weight is 322 g/mol. The lowest BCUT2D eigenvalue weighted by Gasteiger charge is -2.18. The van der Waals surface area contributed by atoms with Crippen molar-refractivity contribution >= 4 is 23.5 Å². The third-order valence-electron chi connectivity index (χ3n) is 3.29. The quantitative estimate of drug-likeness (QED) is 0.917. The van der Waals surface area contributed by atoms with Gasteiger partial charge in [-0.25, -0.2) is 4.68 Å². The fourth-order valence-corrected chi connectivity index (χ4v) is 2.33. The molecule has 2 aromatic rings. The highest BCUT2D eigenvalue weighted by atomic mass is 35.5. The second kappa shape index (κ2) is 6.62. The van der Waals surface area contributed by atoms with Crippen LogP contribution in [-0.4, -0.2) is 44.8 Å². The summed E-state index contributed by atoms with van der Waals surface area (Å²) in [4.78, 5) is 24.5. The minimum atomic E-state index is -1.05. The molecule has 22 heavy (non-hydrogen) atoms. The van der Waals surface area contributed by atoms with Crippen LogP contribution in [0, 0.1) is 6.92 Å². The molecule has 6 nitrogen and oxygen atoms in total. The van der Waals surface area contributed by atoms with Crippen LogP contribution in [0.25, 0.3) is 5.69 Å². The van der Waals surface area contributed by atoms with Gasteiger partial charge >= 0.3 is 5.97 Å². The summed E-state index contributed by atoms with van der Waals surface area (Å²) in [6.45, 7) is 3.47. The van der Waals surface area contributed by atoms with Crippen molar-refractivity contribution in [2.45, 2.75) is 13.8 Å². The van der Waals surface area contributed by atoms with Gasteiger partial charge in [0.15, 0.2) is 0 Å². The van der Waals surface area contributed by atoms with E-state index in [1.54, 1.807) is 36.7 Å². The molecule has 0 unspecified atom stereocenters. The van der Waals surface area contributed by atoms with E-state index in [4.69, 9.17) is 16.7 Å². The minimum absolute atomic E-state index is 0.312. The van der Waals surface area contributed by atoms with E-state index in [1.165, 1.54) is 11.1 Å². The molecule has 0 aliphatic heterocycles. The van der Waals surface area contributed by atoms with Crippen LogP contribution < -0.4 is 0 Å². The molecule has 0 saturated carbocycles. The van der Waals surface area contributed by atoms with Gasteiger partial charge in [-0.1, -0.05) is 17.7 Å². The molecule has 0 aliphatic rings. The summed E-state index contributed by atoms with van der Waals surface area (Å²) in [6, 6.07) is 7.12. The summed E-state index contributed by atoms with van der Waals surface area (Å²) in [5.74, 6) is -1.40. The first-order valence-corrected chi connectivity index (χ1v) is 7.13. The van der Waals surface area contributed by atoms with Gasteiger partial charge in [-0.15, -0.1) is 0 Å². The SMILES string of the molecule is CCN(CC(=O)O)C(=O)c1cnn(-c2cccc(Cl)c2)c1C. The zero-order valence-electron chi connectivity index (χ0n) is 12.3. The number of aliphatic carboxylic acids is 1. The van der Waals surface area contributed by atoms with Crippen LogP contribution in [0.2, 0.25) is 5.02 Å². The number of aromatic nitrogens is 2. The number of amides is 1. The number of hydrogen-bond donors (Lipinski definition) is 1. The van der Waals surface area contributed by atoms with E-state index in [1.807, 2.05) is 6.07 Å².